The summed E-state index contributed by atoms with van der Waals surface area (Å²) in [5, 5.41) is 10.2. The number of aromatic nitrogens is 2. The van der Waals surface area contributed by atoms with Crippen molar-refractivity contribution >= 4 is 10.0 Å². The average Bonchev–Trinajstić information content (AvgIpc) is 3.12. The first-order valence-corrected chi connectivity index (χ1v) is 8.79. The Labute approximate surface area is 121 Å². The molecule has 0 aliphatic heterocycles. The van der Waals surface area contributed by atoms with Gasteiger partial charge in [-0.2, -0.15) is 9.40 Å². The van der Waals surface area contributed by atoms with Gasteiger partial charge in [-0.1, -0.05) is 13.8 Å². The number of nitrogens with zero attached hydrogens (tertiary/aromatic N) is 2. The molecule has 0 saturated heterocycles. The van der Waals surface area contributed by atoms with E-state index < -0.39 is 10.0 Å². The molecule has 0 unspecified atom stereocenters. The number of hydrogen-bond acceptors (Lipinski definition) is 4. The van der Waals surface area contributed by atoms with Gasteiger partial charge in [0.15, 0.2) is 5.03 Å². The van der Waals surface area contributed by atoms with E-state index in [0.29, 0.717) is 25.7 Å². The summed E-state index contributed by atoms with van der Waals surface area (Å²) in [6, 6.07) is 0.544. The summed E-state index contributed by atoms with van der Waals surface area (Å²) in [4.78, 5) is 0. The third-order valence-electron chi connectivity index (χ3n) is 3.38. The summed E-state index contributed by atoms with van der Waals surface area (Å²) >= 11 is 0. The molecule has 1 aliphatic rings. The molecule has 6 nitrogen and oxygen atoms in total. The molecule has 0 atom stereocenters. The molecule has 1 fully saturated rings. The minimum absolute atomic E-state index is 0.243. The molecule has 0 bridgehead atoms. The topological polar surface area (TPSA) is 78.1 Å². The van der Waals surface area contributed by atoms with Crippen molar-refractivity contribution in [3.8, 4) is 0 Å². The molecule has 0 radical (unpaired) electrons. The second-order valence-electron chi connectivity index (χ2n) is 5.28. The maximum atomic E-state index is 12.7. The van der Waals surface area contributed by atoms with Crippen molar-refractivity contribution in [3.63, 3.8) is 0 Å². The maximum Gasteiger partial charge on any atom is 0.260 e. The van der Waals surface area contributed by atoms with E-state index in [9.17, 15) is 8.42 Å². The monoisotopic (exact) mass is 300 g/mol. The van der Waals surface area contributed by atoms with Crippen LogP contribution in [0.5, 0.6) is 0 Å². The van der Waals surface area contributed by atoms with Crippen molar-refractivity contribution in [3.05, 3.63) is 11.8 Å². The smallest absolute Gasteiger partial charge is 0.260 e. The normalized spacial score (nSPS) is 15.9. The van der Waals surface area contributed by atoms with Crippen molar-refractivity contribution < 1.29 is 8.42 Å². The molecule has 0 spiro atoms. The first kappa shape index (κ1) is 15.5. The Morgan fingerprint density at radius 3 is 2.55 bits per heavy atom. The van der Waals surface area contributed by atoms with Crippen LogP contribution < -0.4 is 5.32 Å². The van der Waals surface area contributed by atoms with Gasteiger partial charge < -0.3 is 5.32 Å². The zero-order valence-electron chi connectivity index (χ0n) is 12.2. The van der Waals surface area contributed by atoms with Crippen LogP contribution in [-0.4, -0.2) is 42.1 Å². The van der Waals surface area contributed by atoms with E-state index >= 15 is 0 Å². The fraction of sp³-hybridized carbons (Fsp3) is 0.769. The van der Waals surface area contributed by atoms with Crippen molar-refractivity contribution in [2.24, 2.45) is 0 Å². The summed E-state index contributed by atoms with van der Waals surface area (Å²) in [6.07, 6.45) is 5.58. The molecular weight excluding hydrogens is 276 g/mol. The van der Waals surface area contributed by atoms with Gasteiger partial charge in [0, 0.05) is 31.2 Å². The first-order valence-electron chi connectivity index (χ1n) is 7.35. The van der Waals surface area contributed by atoms with E-state index in [1.54, 1.807) is 10.5 Å². The van der Waals surface area contributed by atoms with Crippen LogP contribution in [0, 0.1) is 0 Å². The lowest BCUT2D eigenvalue weighted by Gasteiger charge is -2.20. The van der Waals surface area contributed by atoms with Crippen molar-refractivity contribution in [2.45, 2.75) is 57.1 Å². The molecular formula is C13H24N4O2S. The van der Waals surface area contributed by atoms with Crippen molar-refractivity contribution in [1.82, 2.24) is 19.8 Å². The number of rotatable bonds is 9. The molecule has 2 N–H and O–H groups in total. The van der Waals surface area contributed by atoms with Gasteiger partial charge in [0.2, 0.25) is 0 Å². The third kappa shape index (κ3) is 3.59. The fourth-order valence-electron chi connectivity index (χ4n) is 2.17. The Morgan fingerprint density at radius 1 is 1.35 bits per heavy atom. The minimum Gasteiger partial charge on any atom is -0.310 e. The Bertz CT molecular complexity index is 516. The highest BCUT2D eigenvalue weighted by Crippen LogP contribution is 2.22. The number of aromatic amines is 1. The molecule has 1 aliphatic carbocycles. The predicted octanol–water partition coefficient (Wildman–Crippen LogP) is 1.47. The maximum absolute atomic E-state index is 12.7. The molecule has 2 rings (SSSR count). The number of hydrogen-bond donors (Lipinski definition) is 2. The van der Waals surface area contributed by atoms with Crippen LogP contribution in [0.4, 0.5) is 0 Å². The molecule has 1 saturated carbocycles. The van der Waals surface area contributed by atoms with Crippen LogP contribution in [0.15, 0.2) is 11.2 Å². The molecule has 1 aromatic rings. The zero-order chi connectivity index (χ0) is 14.6. The van der Waals surface area contributed by atoms with Gasteiger partial charge in [-0.25, -0.2) is 8.42 Å². The molecule has 0 amide bonds. The fourth-order valence-corrected chi connectivity index (χ4v) is 3.90. The molecule has 20 heavy (non-hydrogen) atoms. The lowest BCUT2D eigenvalue weighted by molar-refractivity contribution is 0.407. The number of sulfonamides is 1. The van der Waals surface area contributed by atoms with Crippen LogP contribution in [0.2, 0.25) is 0 Å². The van der Waals surface area contributed by atoms with Crippen molar-refractivity contribution in [2.75, 3.05) is 13.1 Å². The van der Waals surface area contributed by atoms with Crippen LogP contribution in [0.25, 0.3) is 0 Å². The van der Waals surface area contributed by atoms with E-state index in [-0.39, 0.29) is 5.03 Å². The third-order valence-corrected chi connectivity index (χ3v) is 5.29. The van der Waals surface area contributed by atoms with Gasteiger partial charge in [0.25, 0.3) is 10.0 Å². The highest BCUT2D eigenvalue weighted by molar-refractivity contribution is 7.89. The van der Waals surface area contributed by atoms with Gasteiger partial charge in [-0.3, -0.25) is 5.10 Å². The number of nitrogens with one attached hydrogen (secondary N) is 2. The lowest BCUT2D eigenvalue weighted by atomic mass is 10.3. The van der Waals surface area contributed by atoms with E-state index in [1.165, 1.54) is 12.8 Å². The Balaban J connectivity index is 2.16. The molecule has 114 valence electrons. The summed E-state index contributed by atoms with van der Waals surface area (Å²) < 4.78 is 26.9. The van der Waals surface area contributed by atoms with E-state index in [2.05, 4.69) is 15.5 Å². The summed E-state index contributed by atoms with van der Waals surface area (Å²) in [6.45, 7) is 5.62. The van der Waals surface area contributed by atoms with Gasteiger partial charge >= 0.3 is 0 Å². The SMILES string of the molecule is CCCN(CCC)S(=O)(=O)c1[nH]ncc1CNC1CC1. The highest BCUT2D eigenvalue weighted by Gasteiger charge is 2.28. The lowest BCUT2D eigenvalue weighted by Crippen LogP contribution is -2.33. The number of H-pyrrole nitrogens is 1. The first-order chi connectivity index (χ1) is 9.59. The van der Waals surface area contributed by atoms with Crippen LogP contribution in [0.3, 0.4) is 0 Å². The quantitative estimate of drug-likeness (QED) is 0.724. The van der Waals surface area contributed by atoms with Gasteiger partial charge in [0.1, 0.15) is 0 Å². The van der Waals surface area contributed by atoms with E-state index in [0.717, 1.165) is 18.4 Å². The largest absolute Gasteiger partial charge is 0.310 e. The Hall–Kier alpha value is -0.920. The van der Waals surface area contributed by atoms with Crippen LogP contribution in [-0.2, 0) is 16.6 Å². The standard InChI is InChI=1S/C13H24N4O2S/c1-3-7-17(8-4-2)20(18,19)13-11(10-15-16-13)9-14-12-5-6-12/h10,12,14H,3-9H2,1-2H3,(H,15,16). The van der Waals surface area contributed by atoms with Gasteiger partial charge in [0.05, 0.1) is 6.20 Å². The summed E-state index contributed by atoms with van der Waals surface area (Å²) in [5.41, 5.74) is 0.731. The second-order valence-corrected chi connectivity index (χ2v) is 7.16. The molecule has 1 aromatic heterocycles. The molecule has 7 heteroatoms. The highest BCUT2D eigenvalue weighted by atomic mass is 32.2. The average molecular weight is 300 g/mol. The van der Waals surface area contributed by atoms with Crippen LogP contribution in [0.1, 0.15) is 45.1 Å². The van der Waals surface area contributed by atoms with Gasteiger partial charge in [-0.15, -0.1) is 0 Å². The second kappa shape index (κ2) is 6.69. The zero-order valence-corrected chi connectivity index (χ0v) is 13.0. The molecule has 1 heterocycles. The Kier molecular flexibility index (Phi) is 5.17. The van der Waals surface area contributed by atoms with Crippen LogP contribution >= 0.6 is 0 Å². The summed E-state index contributed by atoms with van der Waals surface area (Å²) in [5.74, 6) is 0. The van der Waals surface area contributed by atoms with E-state index in [1.807, 2.05) is 13.8 Å². The predicted molar refractivity (Wildman–Crippen MR) is 77.8 cm³/mol. The Morgan fingerprint density at radius 2 is 2.00 bits per heavy atom. The van der Waals surface area contributed by atoms with Gasteiger partial charge in [-0.05, 0) is 25.7 Å². The van der Waals surface area contributed by atoms with E-state index in [4.69, 9.17) is 0 Å². The van der Waals surface area contributed by atoms with Crippen molar-refractivity contribution in [1.29, 1.82) is 0 Å². The minimum atomic E-state index is -3.46. The molecule has 0 aromatic carbocycles. The summed E-state index contributed by atoms with van der Waals surface area (Å²) in [7, 11) is -3.46.